The second-order valence-corrected chi connectivity index (χ2v) is 5.65. The van der Waals surface area contributed by atoms with E-state index in [2.05, 4.69) is 0 Å². The highest BCUT2D eigenvalue weighted by Crippen LogP contribution is 2.33. The normalized spacial score (nSPS) is 15.9. The van der Waals surface area contributed by atoms with Gasteiger partial charge < -0.3 is 4.90 Å². The first-order chi connectivity index (χ1) is 9.79. The molecule has 0 bridgehead atoms. The van der Waals surface area contributed by atoms with E-state index in [1.165, 1.54) is 4.90 Å². The van der Waals surface area contributed by atoms with Crippen molar-refractivity contribution >= 4 is 23.4 Å². The molecule has 9 heteroatoms. The van der Waals surface area contributed by atoms with Crippen molar-refractivity contribution < 1.29 is 22.9 Å². The van der Waals surface area contributed by atoms with Crippen LogP contribution in [0.2, 0.25) is 0 Å². The van der Waals surface area contributed by atoms with Gasteiger partial charge >= 0.3 is 6.18 Å². The first-order valence-electron chi connectivity index (χ1n) is 6.03. The maximum absolute atomic E-state index is 12.8. The second-order valence-electron chi connectivity index (χ2n) is 4.43. The number of non-ortho nitro benzene ring substituents is 1. The number of nitro groups is 1. The number of nitro benzene ring substituents is 1. The second kappa shape index (κ2) is 5.92. The molecule has 0 atom stereocenters. The molecule has 1 aromatic rings. The van der Waals surface area contributed by atoms with Crippen molar-refractivity contribution in [2.45, 2.75) is 6.18 Å². The quantitative estimate of drug-likeness (QED) is 0.621. The predicted molar refractivity (Wildman–Crippen MR) is 71.3 cm³/mol. The number of amides is 1. The van der Waals surface area contributed by atoms with Crippen LogP contribution in [0.4, 0.5) is 18.9 Å². The number of thioether (sulfide) groups is 1. The number of carbonyl (C=O) groups is 1. The van der Waals surface area contributed by atoms with Gasteiger partial charge in [0, 0.05) is 42.3 Å². The highest BCUT2D eigenvalue weighted by atomic mass is 32.2. The molecule has 0 unspecified atom stereocenters. The van der Waals surface area contributed by atoms with Gasteiger partial charge in [-0.25, -0.2) is 0 Å². The number of hydrogen-bond acceptors (Lipinski definition) is 4. The number of alkyl halides is 3. The van der Waals surface area contributed by atoms with Crippen molar-refractivity contribution in [3.8, 4) is 0 Å². The Morgan fingerprint density at radius 1 is 1.24 bits per heavy atom. The van der Waals surface area contributed by atoms with Crippen LogP contribution in [-0.2, 0) is 6.18 Å². The molecule has 0 saturated carbocycles. The molecule has 1 aliphatic heterocycles. The van der Waals surface area contributed by atoms with Crippen molar-refractivity contribution in [2.75, 3.05) is 24.6 Å². The van der Waals surface area contributed by atoms with Crippen LogP contribution < -0.4 is 0 Å². The molecule has 0 N–H and O–H groups in total. The molecule has 2 rings (SSSR count). The van der Waals surface area contributed by atoms with Gasteiger partial charge in [-0.1, -0.05) is 0 Å². The average Bonchev–Trinajstić information content (AvgIpc) is 2.46. The van der Waals surface area contributed by atoms with Crippen LogP contribution >= 0.6 is 11.8 Å². The molecule has 0 aliphatic carbocycles. The van der Waals surface area contributed by atoms with Crippen LogP contribution in [0.5, 0.6) is 0 Å². The minimum atomic E-state index is -4.74. The molecule has 1 fully saturated rings. The Labute approximate surface area is 122 Å². The Morgan fingerprint density at radius 3 is 2.38 bits per heavy atom. The van der Waals surface area contributed by atoms with Crippen molar-refractivity contribution in [3.63, 3.8) is 0 Å². The van der Waals surface area contributed by atoms with E-state index in [1.807, 2.05) is 0 Å². The smallest absolute Gasteiger partial charge is 0.337 e. The lowest BCUT2D eigenvalue weighted by Crippen LogP contribution is -2.38. The minimum absolute atomic E-state index is 0.302. The van der Waals surface area contributed by atoms with E-state index in [0.29, 0.717) is 36.7 Å². The lowest BCUT2D eigenvalue weighted by atomic mass is 10.1. The number of benzene rings is 1. The summed E-state index contributed by atoms with van der Waals surface area (Å²) >= 11 is 1.64. The van der Waals surface area contributed by atoms with Gasteiger partial charge in [0.2, 0.25) is 0 Å². The molecular weight excluding hydrogens is 309 g/mol. The molecule has 0 spiro atoms. The average molecular weight is 320 g/mol. The fourth-order valence-corrected chi connectivity index (χ4v) is 2.86. The molecule has 21 heavy (non-hydrogen) atoms. The number of halogens is 3. The van der Waals surface area contributed by atoms with Gasteiger partial charge in [0.15, 0.2) is 0 Å². The van der Waals surface area contributed by atoms with Crippen molar-refractivity contribution in [1.82, 2.24) is 4.90 Å². The van der Waals surface area contributed by atoms with E-state index >= 15 is 0 Å². The summed E-state index contributed by atoms with van der Waals surface area (Å²) in [6, 6.07) is 1.99. The summed E-state index contributed by atoms with van der Waals surface area (Å²) < 4.78 is 38.3. The standard InChI is InChI=1S/C12H11F3N2O3S/c13-12(14,15)9-5-8(6-10(7-9)17(19)20)11(18)16-1-3-21-4-2-16/h5-7H,1-4H2. The third kappa shape index (κ3) is 3.66. The molecule has 1 saturated heterocycles. The zero-order valence-corrected chi connectivity index (χ0v) is 11.5. The van der Waals surface area contributed by atoms with E-state index in [-0.39, 0.29) is 5.56 Å². The van der Waals surface area contributed by atoms with Gasteiger partial charge in [0.1, 0.15) is 0 Å². The highest BCUT2D eigenvalue weighted by molar-refractivity contribution is 7.99. The minimum Gasteiger partial charge on any atom is -0.337 e. The molecule has 5 nitrogen and oxygen atoms in total. The summed E-state index contributed by atoms with van der Waals surface area (Å²) in [4.78, 5) is 23.4. The lowest BCUT2D eigenvalue weighted by molar-refractivity contribution is -0.385. The van der Waals surface area contributed by atoms with Gasteiger partial charge in [0.25, 0.3) is 11.6 Å². The molecule has 1 amide bonds. The molecule has 1 heterocycles. The van der Waals surface area contributed by atoms with Crippen molar-refractivity contribution in [1.29, 1.82) is 0 Å². The SMILES string of the molecule is O=C(c1cc([N+](=O)[O-])cc(C(F)(F)F)c1)N1CCSCC1. The summed E-state index contributed by atoms with van der Waals surface area (Å²) in [6.45, 7) is 0.848. The van der Waals surface area contributed by atoms with Crippen LogP contribution in [0.3, 0.4) is 0 Å². The van der Waals surface area contributed by atoms with E-state index < -0.39 is 28.3 Å². The van der Waals surface area contributed by atoms with Gasteiger partial charge in [-0.05, 0) is 6.07 Å². The molecule has 114 valence electrons. The Bertz CT molecular complexity index is 571. The number of nitrogens with zero attached hydrogens (tertiary/aromatic N) is 2. The van der Waals surface area contributed by atoms with Crippen molar-refractivity contribution in [3.05, 3.63) is 39.4 Å². The lowest BCUT2D eigenvalue weighted by Gasteiger charge is -2.26. The van der Waals surface area contributed by atoms with E-state index in [4.69, 9.17) is 0 Å². The summed E-state index contributed by atoms with van der Waals surface area (Å²) in [6.07, 6.45) is -4.74. The van der Waals surface area contributed by atoms with Crippen LogP contribution in [0.1, 0.15) is 15.9 Å². The molecule has 0 radical (unpaired) electrons. The fraction of sp³-hybridized carbons (Fsp3) is 0.417. The Balaban J connectivity index is 2.39. The first kappa shape index (κ1) is 15.6. The predicted octanol–water partition coefficient (Wildman–Crippen LogP) is 2.80. The first-order valence-corrected chi connectivity index (χ1v) is 7.18. The zero-order chi connectivity index (χ0) is 15.6. The van der Waals surface area contributed by atoms with Crippen molar-refractivity contribution in [2.24, 2.45) is 0 Å². The van der Waals surface area contributed by atoms with E-state index in [9.17, 15) is 28.1 Å². The van der Waals surface area contributed by atoms with Gasteiger partial charge in [0.05, 0.1) is 10.5 Å². The maximum atomic E-state index is 12.8. The van der Waals surface area contributed by atoms with Gasteiger partial charge in [-0.15, -0.1) is 0 Å². The number of carbonyl (C=O) groups excluding carboxylic acids is 1. The molecule has 0 aromatic heterocycles. The van der Waals surface area contributed by atoms with Gasteiger partial charge in [-0.2, -0.15) is 24.9 Å². The number of hydrogen-bond donors (Lipinski definition) is 0. The third-order valence-electron chi connectivity index (χ3n) is 3.00. The van der Waals surface area contributed by atoms with E-state index in [1.54, 1.807) is 11.8 Å². The third-order valence-corrected chi connectivity index (χ3v) is 3.94. The van der Waals surface area contributed by atoms with Crippen LogP contribution in [0.25, 0.3) is 0 Å². The molecular formula is C12H11F3N2O3S. The van der Waals surface area contributed by atoms with Gasteiger partial charge in [-0.3, -0.25) is 14.9 Å². The Morgan fingerprint density at radius 2 is 1.86 bits per heavy atom. The molecule has 1 aliphatic rings. The van der Waals surface area contributed by atoms with Crippen LogP contribution in [0, 0.1) is 10.1 Å². The zero-order valence-electron chi connectivity index (χ0n) is 10.7. The summed E-state index contributed by atoms with van der Waals surface area (Å²) in [5.41, 5.74) is -2.23. The summed E-state index contributed by atoms with van der Waals surface area (Å²) in [7, 11) is 0. The summed E-state index contributed by atoms with van der Waals surface area (Å²) in [5, 5.41) is 10.7. The fourth-order valence-electron chi connectivity index (χ4n) is 1.95. The number of rotatable bonds is 2. The topological polar surface area (TPSA) is 63.4 Å². The monoisotopic (exact) mass is 320 g/mol. The largest absolute Gasteiger partial charge is 0.416 e. The van der Waals surface area contributed by atoms with Crippen LogP contribution in [0.15, 0.2) is 18.2 Å². The van der Waals surface area contributed by atoms with Crippen LogP contribution in [-0.4, -0.2) is 40.3 Å². The summed E-state index contributed by atoms with van der Waals surface area (Å²) in [5.74, 6) is 0.795. The Kier molecular flexibility index (Phi) is 4.40. The van der Waals surface area contributed by atoms with E-state index in [0.717, 1.165) is 6.07 Å². The highest BCUT2D eigenvalue weighted by Gasteiger charge is 2.34. The Hall–Kier alpha value is -1.77. The maximum Gasteiger partial charge on any atom is 0.416 e. The molecule has 1 aromatic carbocycles.